The molecule has 1 saturated carbocycles. The molecule has 11 heteroatoms. The number of carbonyl (C=O) groups excluding carboxylic acids is 3. The number of aliphatic hydroxyl groups excluding tert-OH is 1. The Labute approximate surface area is 286 Å². The zero-order valence-electron chi connectivity index (χ0n) is 29.1. The Morgan fingerprint density at radius 3 is 2.10 bits per heavy atom. The Bertz CT molecular complexity index is 1880. The molecular weight excluding hydrogens is 622 g/mol. The molecule has 0 atom stereocenters. The number of fused-ring (bicyclic) bond motifs is 2. The summed E-state index contributed by atoms with van der Waals surface area (Å²) in [6.45, 7) is 10.9. The van der Waals surface area contributed by atoms with E-state index >= 15 is 0 Å². The monoisotopic (exact) mass is 669 g/mol. The van der Waals surface area contributed by atoms with E-state index in [4.69, 9.17) is 14.9 Å². The summed E-state index contributed by atoms with van der Waals surface area (Å²) in [6.07, 6.45) is 1.67. The molecule has 0 saturated heterocycles. The minimum atomic E-state index is -0.726. The number of carbonyl (C=O) groups is 3. The van der Waals surface area contributed by atoms with Gasteiger partial charge < -0.3 is 29.8 Å². The van der Waals surface area contributed by atoms with Crippen LogP contribution in [0.15, 0.2) is 60.7 Å². The van der Waals surface area contributed by atoms with E-state index in [0.29, 0.717) is 49.0 Å². The van der Waals surface area contributed by atoms with E-state index in [1.54, 1.807) is 32.9 Å². The lowest BCUT2D eigenvalue weighted by Gasteiger charge is -2.30. The smallest absolute Gasteiger partial charge is 0.413 e. The van der Waals surface area contributed by atoms with E-state index in [1.165, 1.54) is 0 Å². The number of hydrogen-bond acceptors (Lipinski definition) is 7. The number of hydrogen-bond donors (Lipinski definition) is 5. The van der Waals surface area contributed by atoms with Gasteiger partial charge in [-0.05, 0) is 107 Å². The van der Waals surface area contributed by atoms with Gasteiger partial charge in [0.25, 0.3) is 5.91 Å². The number of ether oxygens (including phenoxy) is 2. The SMILES string of the molecule is CC(C)(C)OC(=O)NC(=N)c1ccc2cc(C(=O)NC3CCC(NC(=O)OC(C)(C)C)CC3)n(Cc3cc(CO)cc4ccccc34)c2c1. The number of nitrogens with one attached hydrogen (secondary N) is 4. The van der Waals surface area contributed by atoms with Gasteiger partial charge in [0.2, 0.25) is 0 Å². The van der Waals surface area contributed by atoms with Crippen molar-refractivity contribution in [1.29, 1.82) is 5.41 Å². The standard InChI is InChI=1S/C38H47N5O6/c1-37(2,3)48-35(46)41-29-15-13-28(14-16-29)40-34(45)32-19-25-11-12-26(33(39)42-36(47)49-38(4,5)6)20-31(25)43(32)21-27-18-23(22-44)17-24-9-7-8-10-30(24)27/h7-12,17-20,28-29,44H,13-16,21-22H2,1-6H3,(H,40,45)(H,41,46)(H2,39,42,47). The Balaban J connectivity index is 1.43. The van der Waals surface area contributed by atoms with Crippen LogP contribution >= 0.6 is 0 Å². The van der Waals surface area contributed by atoms with Gasteiger partial charge in [0.05, 0.1) is 6.61 Å². The number of alkyl carbamates (subject to hydrolysis) is 2. The van der Waals surface area contributed by atoms with Crippen molar-refractivity contribution < 1.29 is 29.0 Å². The first-order valence-electron chi connectivity index (χ1n) is 16.7. The second-order valence-corrected chi connectivity index (χ2v) is 14.7. The molecular formula is C38H47N5O6. The number of rotatable bonds is 7. The largest absolute Gasteiger partial charge is 0.444 e. The second-order valence-electron chi connectivity index (χ2n) is 14.7. The molecule has 0 aliphatic heterocycles. The summed E-state index contributed by atoms with van der Waals surface area (Å²) in [5.41, 5.74) is 2.01. The molecule has 0 bridgehead atoms. The highest BCUT2D eigenvalue weighted by Gasteiger charge is 2.27. The molecule has 1 aromatic heterocycles. The van der Waals surface area contributed by atoms with Gasteiger partial charge >= 0.3 is 12.2 Å². The number of amides is 3. The first-order valence-corrected chi connectivity index (χ1v) is 16.7. The van der Waals surface area contributed by atoms with Crippen LogP contribution in [-0.4, -0.2) is 56.9 Å². The van der Waals surface area contributed by atoms with E-state index in [2.05, 4.69) is 16.0 Å². The molecule has 5 rings (SSSR count). The molecule has 260 valence electrons. The predicted molar refractivity (Wildman–Crippen MR) is 190 cm³/mol. The van der Waals surface area contributed by atoms with Gasteiger partial charge in [-0.15, -0.1) is 0 Å². The maximum atomic E-state index is 14.0. The molecule has 0 spiro atoms. The molecule has 1 heterocycles. The summed E-state index contributed by atoms with van der Waals surface area (Å²) in [5, 5.41) is 30.1. The van der Waals surface area contributed by atoms with Crippen LogP contribution in [0.3, 0.4) is 0 Å². The highest BCUT2D eigenvalue weighted by molar-refractivity contribution is 6.07. The molecule has 49 heavy (non-hydrogen) atoms. The highest BCUT2D eigenvalue weighted by Crippen LogP contribution is 2.28. The van der Waals surface area contributed by atoms with Crippen molar-refractivity contribution in [3.8, 4) is 0 Å². The molecule has 1 aliphatic rings. The van der Waals surface area contributed by atoms with Crippen LogP contribution < -0.4 is 16.0 Å². The van der Waals surface area contributed by atoms with Crippen LogP contribution in [0.1, 0.15) is 94.4 Å². The third-order valence-corrected chi connectivity index (χ3v) is 8.35. The lowest BCUT2D eigenvalue weighted by atomic mass is 9.91. The van der Waals surface area contributed by atoms with Crippen molar-refractivity contribution in [3.05, 3.63) is 83.0 Å². The predicted octanol–water partition coefficient (Wildman–Crippen LogP) is 6.75. The number of nitrogens with zero attached hydrogens (tertiary/aromatic N) is 1. The van der Waals surface area contributed by atoms with E-state index in [1.807, 2.05) is 73.9 Å². The van der Waals surface area contributed by atoms with Crippen molar-refractivity contribution in [2.75, 3.05) is 0 Å². The third kappa shape index (κ3) is 9.17. The van der Waals surface area contributed by atoms with Gasteiger partial charge in [-0.1, -0.05) is 42.5 Å². The number of aromatic nitrogens is 1. The number of aliphatic hydroxyl groups is 1. The number of amidine groups is 1. The molecule has 3 amide bonds. The van der Waals surface area contributed by atoms with Crippen molar-refractivity contribution in [2.45, 2.75) is 104 Å². The van der Waals surface area contributed by atoms with Crippen LogP contribution in [0, 0.1) is 5.41 Å². The molecule has 1 aliphatic carbocycles. The average molecular weight is 670 g/mol. The number of benzene rings is 3. The Kier molecular flexibility index (Phi) is 10.3. The van der Waals surface area contributed by atoms with Crippen LogP contribution in [0.25, 0.3) is 21.7 Å². The van der Waals surface area contributed by atoms with Crippen LogP contribution in [-0.2, 0) is 22.6 Å². The normalized spacial score (nSPS) is 16.6. The van der Waals surface area contributed by atoms with Crippen molar-refractivity contribution in [2.24, 2.45) is 0 Å². The second kappa shape index (κ2) is 14.3. The molecule has 3 aromatic carbocycles. The van der Waals surface area contributed by atoms with Crippen molar-refractivity contribution in [1.82, 2.24) is 20.5 Å². The fraction of sp³-hybridized carbons (Fsp3) is 0.421. The summed E-state index contributed by atoms with van der Waals surface area (Å²) in [4.78, 5) is 38.7. The summed E-state index contributed by atoms with van der Waals surface area (Å²) >= 11 is 0. The first kappa shape index (κ1) is 35.4. The Morgan fingerprint density at radius 2 is 1.45 bits per heavy atom. The Morgan fingerprint density at radius 1 is 0.816 bits per heavy atom. The van der Waals surface area contributed by atoms with Crippen molar-refractivity contribution >= 4 is 45.6 Å². The van der Waals surface area contributed by atoms with Crippen molar-refractivity contribution in [3.63, 3.8) is 0 Å². The van der Waals surface area contributed by atoms with Crippen LogP contribution in [0.4, 0.5) is 9.59 Å². The summed E-state index contributed by atoms with van der Waals surface area (Å²) < 4.78 is 12.7. The van der Waals surface area contributed by atoms with E-state index in [0.717, 1.165) is 27.3 Å². The van der Waals surface area contributed by atoms with E-state index < -0.39 is 23.4 Å². The zero-order valence-corrected chi connectivity index (χ0v) is 29.1. The van der Waals surface area contributed by atoms with Crippen LogP contribution in [0.2, 0.25) is 0 Å². The fourth-order valence-corrected chi connectivity index (χ4v) is 6.21. The van der Waals surface area contributed by atoms with Gasteiger partial charge in [0.15, 0.2) is 0 Å². The highest BCUT2D eigenvalue weighted by atomic mass is 16.6. The topological polar surface area (TPSA) is 155 Å². The van der Waals surface area contributed by atoms with E-state index in [-0.39, 0.29) is 30.4 Å². The quantitative estimate of drug-likeness (QED) is 0.108. The molecule has 5 N–H and O–H groups in total. The minimum absolute atomic E-state index is 0.0236. The molecule has 0 radical (unpaired) electrons. The summed E-state index contributed by atoms with van der Waals surface area (Å²) in [6, 6.07) is 18.9. The van der Waals surface area contributed by atoms with Gasteiger partial charge in [0.1, 0.15) is 22.7 Å². The van der Waals surface area contributed by atoms with Gasteiger partial charge in [-0.2, -0.15) is 0 Å². The molecule has 4 aromatic rings. The summed E-state index contributed by atoms with van der Waals surface area (Å²) in [5.74, 6) is -0.356. The lowest BCUT2D eigenvalue weighted by molar-refractivity contribution is 0.0486. The maximum Gasteiger partial charge on any atom is 0.413 e. The maximum absolute atomic E-state index is 14.0. The zero-order chi connectivity index (χ0) is 35.5. The minimum Gasteiger partial charge on any atom is -0.444 e. The molecule has 11 nitrogen and oxygen atoms in total. The van der Waals surface area contributed by atoms with Crippen LogP contribution in [0.5, 0.6) is 0 Å². The summed E-state index contributed by atoms with van der Waals surface area (Å²) in [7, 11) is 0. The first-order chi connectivity index (χ1) is 23.1. The van der Waals surface area contributed by atoms with Gasteiger partial charge in [-0.25, -0.2) is 9.59 Å². The van der Waals surface area contributed by atoms with E-state index in [9.17, 15) is 19.5 Å². The Hall–Kier alpha value is -4.90. The molecule has 1 fully saturated rings. The average Bonchev–Trinajstić information content (AvgIpc) is 3.37. The third-order valence-electron chi connectivity index (χ3n) is 8.35. The fourth-order valence-electron chi connectivity index (χ4n) is 6.21. The van der Waals surface area contributed by atoms with Gasteiger partial charge in [0, 0.05) is 35.1 Å². The molecule has 0 unspecified atom stereocenters. The van der Waals surface area contributed by atoms with Gasteiger partial charge in [-0.3, -0.25) is 15.5 Å². The lowest BCUT2D eigenvalue weighted by Crippen LogP contribution is -2.45.